The zero-order chi connectivity index (χ0) is 18.1. The number of sulfonamides is 1. The minimum absolute atomic E-state index is 0.0544. The minimum Gasteiger partial charge on any atom is -0.506 e. The highest BCUT2D eigenvalue weighted by Gasteiger charge is 2.28. The van der Waals surface area contributed by atoms with Gasteiger partial charge in [0.25, 0.3) is 0 Å². The zero-order valence-electron chi connectivity index (χ0n) is 13.4. The van der Waals surface area contributed by atoms with E-state index in [0.29, 0.717) is 31.2 Å². The Morgan fingerprint density at radius 3 is 2.80 bits per heavy atom. The van der Waals surface area contributed by atoms with Gasteiger partial charge in [-0.25, -0.2) is 13.6 Å². The quantitative estimate of drug-likeness (QED) is 0.674. The Hall–Kier alpha value is -1.97. The Bertz CT molecular complexity index is 990. The Morgan fingerprint density at radius 1 is 1.32 bits per heavy atom. The number of hydrogen-bond acceptors (Lipinski definition) is 6. The summed E-state index contributed by atoms with van der Waals surface area (Å²) < 4.78 is 23.0. The van der Waals surface area contributed by atoms with E-state index < -0.39 is 15.6 Å². The molecule has 1 atom stereocenters. The lowest BCUT2D eigenvalue weighted by molar-refractivity contribution is 0.455. The van der Waals surface area contributed by atoms with Crippen LogP contribution in [-0.2, 0) is 16.4 Å². The largest absolute Gasteiger partial charge is 0.506 e. The fraction of sp³-hybridized carbons (Fsp3) is 0.375. The van der Waals surface area contributed by atoms with Crippen molar-refractivity contribution >= 4 is 37.8 Å². The summed E-state index contributed by atoms with van der Waals surface area (Å²) >= 11 is 1.07. The molecule has 0 radical (unpaired) electrons. The summed E-state index contributed by atoms with van der Waals surface area (Å²) in [7, 11) is -3.48. The number of nitrogens with zero attached hydrogens (tertiary/aromatic N) is 1. The minimum atomic E-state index is -3.48. The van der Waals surface area contributed by atoms with Crippen molar-refractivity contribution in [3.63, 3.8) is 0 Å². The van der Waals surface area contributed by atoms with Gasteiger partial charge < -0.3 is 10.1 Å². The molecular weight excluding hydrogens is 362 g/mol. The van der Waals surface area contributed by atoms with E-state index in [1.165, 1.54) is 0 Å². The molecule has 2 heterocycles. The molecule has 1 aromatic carbocycles. The van der Waals surface area contributed by atoms with Crippen LogP contribution in [0.2, 0.25) is 0 Å². The van der Waals surface area contributed by atoms with Crippen LogP contribution in [0.1, 0.15) is 24.8 Å². The molecule has 0 aliphatic carbocycles. The summed E-state index contributed by atoms with van der Waals surface area (Å²) in [6, 6.07) is 3.38. The molecule has 9 heteroatoms. The maximum absolute atomic E-state index is 11.6. The van der Waals surface area contributed by atoms with Crippen LogP contribution in [0, 0.1) is 0 Å². The number of aliphatic imine (C=N–C) groups is 1. The van der Waals surface area contributed by atoms with Gasteiger partial charge in [-0.2, -0.15) is 0 Å². The molecular formula is C16H19N3O4S2. The summed E-state index contributed by atoms with van der Waals surface area (Å²) in [6.45, 7) is 0. The average molecular weight is 381 g/mol. The molecule has 1 aromatic heterocycles. The van der Waals surface area contributed by atoms with Crippen LogP contribution in [0.15, 0.2) is 34.1 Å². The third-order valence-corrected chi connectivity index (χ3v) is 6.14. The van der Waals surface area contributed by atoms with Crippen LogP contribution >= 0.6 is 11.3 Å². The number of H-pyrrole nitrogens is 1. The van der Waals surface area contributed by atoms with Gasteiger partial charge in [0.05, 0.1) is 16.0 Å². The standard InChI is InChI=1S/C16H19N3O4S2/c17-25(22,23)10-2-7-16(6-1-9-18-16)8-5-11-3-4-12(20)13-14(11)24-15(21)19-13/h1,3-4,6,9,20H,2,5,7-8,10H2,(H,19,21)(H2,17,22,23). The molecule has 25 heavy (non-hydrogen) atoms. The molecule has 134 valence electrons. The van der Waals surface area contributed by atoms with Crippen molar-refractivity contribution in [2.24, 2.45) is 10.1 Å². The SMILES string of the molecule is NS(=O)(=O)CCCC1(CCc2ccc(O)c3[nH]c(=O)sc23)C=CC=N1. The van der Waals surface area contributed by atoms with Crippen LogP contribution in [0.5, 0.6) is 5.75 Å². The fourth-order valence-electron chi connectivity index (χ4n) is 3.08. The van der Waals surface area contributed by atoms with Gasteiger partial charge in [-0.3, -0.25) is 9.79 Å². The summed E-state index contributed by atoms with van der Waals surface area (Å²) in [4.78, 5) is 18.6. The number of aryl methyl sites for hydroxylation is 1. The normalized spacial score (nSPS) is 19.9. The van der Waals surface area contributed by atoms with E-state index in [1.54, 1.807) is 12.3 Å². The Morgan fingerprint density at radius 2 is 2.12 bits per heavy atom. The van der Waals surface area contributed by atoms with Crippen LogP contribution in [0.3, 0.4) is 0 Å². The van der Waals surface area contributed by atoms with Crippen LogP contribution in [0.25, 0.3) is 10.2 Å². The number of phenolic OH excluding ortho intramolecular Hbond substituents is 1. The first-order chi connectivity index (χ1) is 11.8. The van der Waals surface area contributed by atoms with E-state index in [-0.39, 0.29) is 16.4 Å². The zero-order valence-corrected chi connectivity index (χ0v) is 15.1. The van der Waals surface area contributed by atoms with E-state index in [4.69, 9.17) is 5.14 Å². The number of benzene rings is 1. The predicted octanol–water partition coefficient (Wildman–Crippen LogP) is 1.68. The molecule has 0 spiro atoms. The number of thiazole rings is 1. The van der Waals surface area contributed by atoms with Gasteiger partial charge in [-0.15, -0.1) is 0 Å². The number of fused-ring (bicyclic) bond motifs is 1. The van der Waals surface area contributed by atoms with Crippen molar-refractivity contribution in [3.8, 4) is 5.75 Å². The number of nitrogens with two attached hydrogens (primary N) is 1. The number of rotatable bonds is 7. The average Bonchev–Trinajstić information content (AvgIpc) is 3.13. The van der Waals surface area contributed by atoms with Crippen molar-refractivity contribution in [3.05, 3.63) is 39.5 Å². The highest BCUT2D eigenvalue weighted by atomic mass is 32.2. The first-order valence-electron chi connectivity index (χ1n) is 7.85. The number of hydrogen-bond donors (Lipinski definition) is 3. The van der Waals surface area contributed by atoms with E-state index in [0.717, 1.165) is 21.6 Å². The van der Waals surface area contributed by atoms with Crippen molar-refractivity contribution < 1.29 is 13.5 Å². The van der Waals surface area contributed by atoms with Gasteiger partial charge in [-0.05, 0) is 43.4 Å². The highest BCUT2D eigenvalue weighted by molar-refractivity contribution is 7.89. The molecule has 2 aromatic rings. The summed E-state index contributed by atoms with van der Waals surface area (Å²) in [5.74, 6) is -0.0141. The predicted molar refractivity (Wildman–Crippen MR) is 100 cm³/mol. The Kier molecular flexibility index (Phi) is 4.81. The summed E-state index contributed by atoms with van der Waals surface area (Å²) in [6.07, 6.45) is 7.91. The molecule has 0 bridgehead atoms. The van der Waals surface area contributed by atoms with Crippen LogP contribution < -0.4 is 10.0 Å². The van der Waals surface area contributed by atoms with Gasteiger partial charge in [0.1, 0.15) is 11.3 Å². The molecule has 0 saturated carbocycles. The Labute approximate surface area is 149 Å². The second kappa shape index (κ2) is 6.74. The second-order valence-electron chi connectivity index (χ2n) is 6.17. The van der Waals surface area contributed by atoms with E-state index in [2.05, 4.69) is 9.98 Å². The molecule has 3 rings (SSSR count). The Balaban J connectivity index is 1.77. The smallest absolute Gasteiger partial charge is 0.305 e. The molecule has 1 aliphatic rings. The van der Waals surface area contributed by atoms with Crippen LogP contribution in [0.4, 0.5) is 0 Å². The number of nitrogens with one attached hydrogen (secondary N) is 1. The molecule has 7 nitrogen and oxygen atoms in total. The maximum Gasteiger partial charge on any atom is 0.305 e. The van der Waals surface area contributed by atoms with Gasteiger partial charge in [0, 0.05) is 6.21 Å². The van der Waals surface area contributed by atoms with Crippen molar-refractivity contribution in [2.45, 2.75) is 31.2 Å². The van der Waals surface area contributed by atoms with Crippen molar-refractivity contribution in [1.29, 1.82) is 0 Å². The molecule has 0 fully saturated rings. The molecule has 0 amide bonds. The van der Waals surface area contributed by atoms with Gasteiger partial charge in [0.2, 0.25) is 10.0 Å². The van der Waals surface area contributed by atoms with Gasteiger partial charge >= 0.3 is 4.87 Å². The van der Waals surface area contributed by atoms with Crippen molar-refractivity contribution in [2.75, 3.05) is 5.75 Å². The van der Waals surface area contributed by atoms with Crippen molar-refractivity contribution in [1.82, 2.24) is 4.98 Å². The first-order valence-corrected chi connectivity index (χ1v) is 10.4. The number of phenols is 1. The molecule has 4 N–H and O–H groups in total. The lowest BCUT2D eigenvalue weighted by Crippen LogP contribution is -2.25. The van der Waals surface area contributed by atoms with Gasteiger partial charge in [0.15, 0.2) is 0 Å². The van der Waals surface area contributed by atoms with E-state index in [9.17, 15) is 18.3 Å². The first kappa shape index (κ1) is 17.8. The molecule has 1 unspecified atom stereocenters. The number of primary sulfonamides is 1. The molecule has 0 saturated heterocycles. The van der Waals surface area contributed by atoms with Crippen LogP contribution in [-0.4, -0.2) is 36.0 Å². The number of aromatic amines is 1. The number of allylic oxidation sites excluding steroid dienone is 1. The summed E-state index contributed by atoms with van der Waals surface area (Å²) in [5, 5.41) is 14.9. The monoisotopic (exact) mass is 381 g/mol. The number of aromatic nitrogens is 1. The third-order valence-electron chi connectivity index (χ3n) is 4.33. The highest BCUT2D eigenvalue weighted by Crippen LogP contribution is 2.33. The fourth-order valence-corrected chi connectivity index (χ4v) is 4.52. The molecule has 1 aliphatic heterocycles. The van der Waals surface area contributed by atoms with E-state index in [1.807, 2.05) is 18.2 Å². The second-order valence-corrected chi connectivity index (χ2v) is 8.89. The maximum atomic E-state index is 11.6. The lowest BCUT2D eigenvalue weighted by Gasteiger charge is -2.24. The summed E-state index contributed by atoms with van der Waals surface area (Å²) in [5.41, 5.74) is 0.967. The lowest BCUT2D eigenvalue weighted by atomic mass is 9.88. The topological polar surface area (TPSA) is 126 Å². The van der Waals surface area contributed by atoms with Gasteiger partial charge in [-0.1, -0.05) is 23.5 Å². The van der Waals surface area contributed by atoms with E-state index >= 15 is 0 Å². The third kappa shape index (κ3) is 4.17. The number of aromatic hydroxyl groups is 1.